The summed E-state index contributed by atoms with van der Waals surface area (Å²) < 4.78 is 0. The standard InChI is InChI=1S/C15H21N5/c1-19-7-5-12(6-8-19)20(2)15-13-9-11(16)3-4-14(13)17-10-18-15/h3-4,9-10,12H,5-8,16H2,1-2H3. The van der Waals surface area contributed by atoms with Crippen LogP contribution in [0.4, 0.5) is 11.5 Å². The zero-order valence-electron chi connectivity index (χ0n) is 12.1. The minimum absolute atomic E-state index is 0.533. The molecule has 20 heavy (non-hydrogen) atoms. The average Bonchev–Trinajstić information content (AvgIpc) is 2.46. The van der Waals surface area contributed by atoms with E-state index in [-0.39, 0.29) is 0 Å². The summed E-state index contributed by atoms with van der Waals surface area (Å²) in [6.45, 7) is 2.28. The maximum Gasteiger partial charge on any atom is 0.139 e. The van der Waals surface area contributed by atoms with Crippen molar-refractivity contribution >= 4 is 22.4 Å². The van der Waals surface area contributed by atoms with Crippen LogP contribution in [-0.4, -0.2) is 48.1 Å². The van der Waals surface area contributed by atoms with Gasteiger partial charge in [0, 0.05) is 24.2 Å². The molecule has 2 aromatic rings. The Labute approximate surface area is 119 Å². The molecule has 0 unspecified atom stereocenters. The first kappa shape index (κ1) is 13.1. The van der Waals surface area contributed by atoms with E-state index < -0.39 is 0 Å². The first-order valence-corrected chi connectivity index (χ1v) is 7.07. The van der Waals surface area contributed by atoms with Gasteiger partial charge in [-0.2, -0.15) is 0 Å². The highest BCUT2D eigenvalue weighted by Crippen LogP contribution is 2.27. The number of piperidine rings is 1. The lowest BCUT2D eigenvalue weighted by Crippen LogP contribution is -2.42. The first-order chi connectivity index (χ1) is 9.65. The van der Waals surface area contributed by atoms with Gasteiger partial charge in [0.2, 0.25) is 0 Å². The minimum Gasteiger partial charge on any atom is -0.399 e. The van der Waals surface area contributed by atoms with E-state index in [0.717, 1.165) is 35.5 Å². The molecule has 1 fully saturated rings. The predicted molar refractivity (Wildman–Crippen MR) is 82.9 cm³/mol. The van der Waals surface area contributed by atoms with Crippen LogP contribution in [0.1, 0.15) is 12.8 Å². The Balaban J connectivity index is 1.95. The van der Waals surface area contributed by atoms with Gasteiger partial charge in [-0.25, -0.2) is 9.97 Å². The first-order valence-electron chi connectivity index (χ1n) is 7.07. The van der Waals surface area contributed by atoms with Crippen molar-refractivity contribution in [1.82, 2.24) is 14.9 Å². The van der Waals surface area contributed by atoms with E-state index in [4.69, 9.17) is 5.73 Å². The van der Waals surface area contributed by atoms with Crippen molar-refractivity contribution < 1.29 is 0 Å². The van der Waals surface area contributed by atoms with Gasteiger partial charge < -0.3 is 15.5 Å². The molecular formula is C15H21N5. The number of nitrogen functional groups attached to an aromatic ring is 1. The fourth-order valence-electron chi connectivity index (χ4n) is 2.90. The SMILES string of the molecule is CN1CCC(N(C)c2ncnc3ccc(N)cc23)CC1. The normalized spacial score (nSPS) is 17.5. The Bertz CT molecular complexity index is 604. The topological polar surface area (TPSA) is 58.3 Å². The molecule has 2 N–H and O–H groups in total. The van der Waals surface area contributed by atoms with Crippen molar-refractivity contribution in [2.75, 3.05) is 37.8 Å². The van der Waals surface area contributed by atoms with E-state index in [0.29, 0.717) is 6.04 Å². The molecular weight excluding hydrogens is 250 g/mol. The van der Waals surface area contributed by atoms with Gasteiger partial charge in [0.1, 0.15) is 12.1 Å². The van der Waals surface area contributed by atoms with E-state index in [9.17, 15) is 0 Å². The van der Waals surface area contributed by atoms with E-state index in [1.54, 1.807) is 6.33 Å². The summed E-state index contributed by atoms with van der Waals surface area (Å²) in [6.07, 6.45) is 3.97. The molecule has 106 valence electrons. The van der Waals surface area contributed by atoms with Gasteiger partial charge >= 0.3 is 0 Å². The lowest BCUT2D eigenvalue weighted by Gasteiger charge is -2.36. The van der Waals surface area contributed by atoms with Crippen LogP contribution in [-0.2, 0) is 0 Å². The van der Waals surface area contributed by atoms with Crippen molar-refractivity contribution in [3.63, 3.8) is 0 Å². The molecule has 2 heterocycles. The molecule has 0 saturated carbocycles. The molecule has 3 rings (SSSR count). The summed E-state index contributed by atoms with van der Waals surface area (Å²) in [5, 5.41) is 1.04. The van der Waals surface area contributed by atoms with Gasteiger partial charge in [0.25, 0.3) is 0 Å². The van der Waals surface area contributed by atoms with Crippen molar-refractivity contribution in [3.8, 4) is 0 Å². The largest absolute Gasteiger partial charge is 0.399 e. The second-order valence-corrected chi connectivity index (χ2v) is 5.62. The number of rotatable bonds is 2. The molecule has 0 amide bonds. The zero-order chi connectivity index (χ0) is 14.1. The van der Waals surface area contributed by atoms with Crippen molar-refractivity contribution in [2.24, 2.45) is 0 Å². The van der Waals surface area contributed by atoms with Crippen molar-refractivity contribution in [1.29, 1.82) is 0 Å². The van der Waals surface area contributed by atoms with Gasteiger partial charge in [-0.3, -0.25) is 0 Å². The van der Waals surface area contributed by atoms with Crippen LogP contribution in [0, 0.1) is 0 Å². The van der Waals surface area contributed by atoms with Gasteiger partial charge in [-0.05, 0) is 51.2 Å². The average molecular weight is 271 g/mol. The van der Waals surface area contributed by atoms with E-state index in [2.05, 4.69) is 33.9 Å². The fourth-order valence-corrected chi connectivity index (χ4v) is 2.90. The lowest BCUT2D eigenvalue weighted by atomic mass is 10.0. The number of likely N-dealkylation sites (tertiary alicyclic amines) is 1. The molecule has 0 radical (unpaired) electrons. The third-order valence-electron chi connectivity index (χ3n) is 4.21. The molecule has 1 aliphatic heterocycles. The third kappa shape index (κ3) is 2.41. The number of nitrogens with zero attached hydrogens (tertiary/aromatic N) is 4. The zero-order valence-corrected chi connectivity index (χ0v) is 12.1. The van der Waals surface area contributed by atoms with Crippen LogP contribution in [0.2, 0.25) is 0 Å². The van der Waals surface area contributed by atoms with Crippen LogP contribution in [0.3, 0.4) is 0 Å². The van der Waals surface area contributed by atoms with Crippen LogP contribution in [0.5, 0.6) is 0 Å². The molecule has 0 bridgehead atoms. The van der Waals surface area contributed by atoms with Gasteiger partial charge in [-0.1, -0.05) is 0 Å². The minimum atomic E-state index is 0.533. The summed E-state index contributed by atoms with van der Waals surface area (Å²) in [4.78, 5) is 13.5. The second-order valence-electron chi connectivity index (χ2n) is 5.62. The number of anilines is 2. The number of aromatic nitrogens is 2. The Kier molecular flexibility index (Phi) is 3.44. The highest BCUT2D eigenvalue weighted by atomic mass is 15.2. The summed E-state index contributed by atoms with van der Waals surface area (Å²) >= 11 is 0. The van der Waals surface area contributed by atoms with E-state index in [1.807, 2.05) is 18.2 Å². The quantitative estimate of drug-likeness (QED) is 0.843. The van der Waals surface area contributed by atoms with E-state index >= 15 is 0 Å². The Hall–Kier alpha value is -1.88. The third-order valence-corrected chi connectivity index (χ3v) is 4.21. The Morgan fingerprint density at radius 1 is 1.25 bits per heavy atom. The Morgan fingerprint density at radius 2 is 2.00 bits per heavy atom. The van der Waals surface area contributed by atoms with Crippen molar-refractivity contribution in [3.05, 3.63) is 24.5 Å². The number of benzene rings is 1. The second kappa shape index (κ2) is 5.25. The molecule has 0 spiro atoms. The molecule has 5 heteroatoms. The smallest absolute Gasteiger partial charge is 0.139 e. The van der Waals surface area contributed by atoms with Crippen LogP contribution in [0.25, 0.3) is 10.9 Å². The predicted octanol–water partition coefficient (Wildman–Crippen LogP) is 1.74. The molecule has 0 atom stereocenters. The summed E-state index contributed by atoms with van der Waals surface area (Å²) in [5.41, 5.74) is 7.61. The van der Waals surface area contributed by atoms with Gasteiger partial charge in [0.15, 0.2) is 0 Å². The number of fused-ring (bicyclic) bond motifs is 1. The fraction of sp³-hybridized carbons (Fsp3) is 0.467. The summed E-state index contributed by atoms with van der Waals surface area (Å²) in [6, 6.07) is 6.34. The number of hydrogen-bond acceptors (Lipinski definition) is 5. The van der Waals surface area contributed by atoms with Crippen LogP contribution in [0.15, 0.2) is 24.5 Å². The summed E-state index contributed by atoms with van der Waals surface area (Å²) in [7, 11) is 4.30. The van der Waals surface area contributed by atoms with Crippen LogP contribution >= 0.6 is 0 Å². The molecule has 1 aromatic carbocycles. The molecule has 1 aromatic heterocycles. The lowest BCUT2D eigenvalue weighted by molar-refractivity contribution is 0.252. The monoisotopic (exact) mass is 271 g/mol. The van der Waals surface area contributed by atoms with E-state index in [1.165, 1.54) is 12.8 Å². The van der Waals surface area contributed by atoms with Gasteiger partial charge in [0.05, 0.1) is 5.52 Å². The summed E-state index contributed by atoms with van der Waals surface area (Å²) in [5.74, 6) is 0.983. The maximum absolute atomic E-state index is 5.91. The highest BCUT2D eigenvalue weighted by Gasteiger charge is 2.22. The highest BCUT2D eigenvalue weighted by molar-refractivity contribution is 5.91. The molecule has 0 aliphatic carbocycles. The number of hydrogen-bond donors (Lipinski definition) is 1. The van der Waals surface area contributed by atoms with Crippen molar-refractivity contribution in [2.45, 2.75) is 18.9 Å². The molecule has 1 saturated heterocycles. The number of nitrogens with two attached hydrogens (primary N) is 1. The Morgan fingerprint density at radius 3 is 2.75 bits per heavy atom. The van der Waals surface area contributed by atoms with Gasteiger partial charge in [-0.15, -0.1) is 0 Å². The van der Waals surface area contributed by atoms with Crippen LogP contribution < -0.4 is 10.6 Å². The molecule has 1 aliphatic rings. The molecule has 5 nitrogen and oxygen atoms in total. The maximum atomic E-state index is 5.91.